The minimum Gasteiger partial charge on any atom is -0.481 e. The molecule has 0 aromatic rings. The number of hydrogen-bond donors (Lipinski definition) is 1. The van der Waals surface area contributed by atoms with Crippen molar-refractivity contribution in [3.8, 4) is 0 Å². The van der Waals surface area contributed by atoms with Crippen LogP contribution in [0.25, 0.3) is 0 Å². The molecule has 0 unspecified atom stereocenters. The summed E-state index contributed by atoms with van der Waals surface area (Å²) in [5, 5.41) is 8.67. The molecule has 0 atom stereocenters. The first-order chi connectivity index (χ1) is 6.23. The smallest absolute Gasteiger partial charge is 0.303 e. The number of fused-ring (bicyclic) bond motifs is 1. The van der Waals surface area contributed by atoms with Crippen LogP contribution in [0.1, 0.15) is 38.5 Å². The monoisotopic (exact) mass is 183 g/mol. The summed E-state index contributed by atoms with van der Waals surface area (Å²) in [7, 11) is 0. The standard InChI is InChI=1S/C10H17NO2/c12-9(13)3-6-10-4-1-7-11(10)8-2-5-10/h1-8H2,(H,12,13). The van der Waals surface area contributed by atoms with Crippen molar-refractivity contribution >= 4 is 5.97 Å². The lowest BCUT2D eigenvalue weighted by Gasteiger charge is -2.31. The quantitative estimate of drug-likeness (QED) is 0.720. The molecule has 0 radical (unpaired) electrons. The Kier molecular flexibility index (Phi) is 2.28. The lowest BCUT2D eigenvalue weighted by atomic mass is 9.89. The van der Waals surface area contributed by atoms with E-state index in [-0.39, 0.29) is 0 Å². The van der Waals surface area contributed by atoms with Crippen LogP contribution in [-0.2, 0) is 4.79 Å². The fourth-order valence-corrected chi connectivity index (χ4v) is 2.97. The predicted octanol–water partition coefficient (Wildman–Crippen LogP) is 1.48. The second-order valence-electron chi connectivity index (χ2n) is 4.31. The molecule has 0 aromatic heterocycles. The summed E-state index contributed by atoms with van der Waals surface area (Å²) in [5.74, 6) is -0.645. The van der Waals surface area contributed by atoms with Crippen LogP contribution in [0, 0.1) is 0 Å². The van der Waals surface area contributed by atoms with E-state index in [4.69, 9.17) is 5.11 Å². The van der Waals surface area contributed by atoms with Gasteiger partial charge in [-0.25, -0.2) is 0 Å². The van der Waals surface area contributed by atoms with Gasteiger partial charge in [0.2, 0.25) is 0 Å². The molecule has 1 N–H and O–H groups in total. The molecule has 2 saturated heterocycles. The van der Waals surface area contributed by atoms with Gasteiger partial charge in [-0.3, -0.25) is 9.69 Å². The summed E-state index contributed by atoms with van der Waals surface area (Å²) < 4.78 is 0. The SMILES string of the molecule is O=C(O)CCC12CCCN1CCC2. The van der Waals surface area contributed by atoms with Crippen molar-refractivity contribution in [2.75, 3.05) is 13.1 Å². The van der Waals surface area contributed by atoms with Gasteiger partial charge in [0.15, 0.2) is 0 Å². The van der Waals surface area contributed by atoms with Gasteiger partial charge in [0.25, 0.3) is 0 Å². The average molecular weight is 183 g/mol. The van der Waals surface area contributed by atoms with Crippen molar-refractivity contribution in [1.29, 1.82) is 0 Å². The lowest BCUT2D eigenvalue weighted by Crippen LogP contribution is -2.38. The second-order valence-corrected chi connectivity index (χ2v) is 4.31. The van der Waals surface area contributed by atoms with E-state index in [2.05, 4.69) is 4.90 Å². The van der Waals surface area contributed by atoms with Gasteiger partial charge in [0.1, 0.15) is 0 Å². The minimum absolute atomic E-state index is 0.290. The van der Waals surface area contributed by atoms with Gasteiger partial charge in [-0.15, -0.1) is 0 Å². The number of hydrogen-bond acceptors (Lipinski definition) is 2. The predicted molar refractivity (Wildman–Crippen MR) is 49.6 cm³/mol. The van der Waals surface area contributed by atoms with Crippen LogP contribution in [0.2, 0.25) is 0 Å². The first-order valence-corrected chi connectivity index (χ1v) is 5.20. The summed E-state index contributed by atoms with van der Waals surface area (Å²) in [6.45, 7) is 2.39. The zero-order valence-electron chi connectivity index (χ0n) is 7.96. The van der Waals surface area contributed by atoms with Crippen molar-refractivity contribution in [3.05, 3.63) is 0 Å². The number of aliphatic carboxylic acids is 1. The highest BCUT2D eigenvalue weighted by atomic mass is 16.4. The molecular formula is C10H17NO2. The highest BCUT2D eigenvalue weighted by molar-refractivity contribution is 5.66. The molecule has 3 heteroatoms. The normalized spacial score (nSPS) is 26.2. The third kappa shape index (κ3) is 1.57. The van der Waals surface area contributed by atoms with Gasteiger partial charge in [-0.05, 0) is 45.2 Å². The fraction of sp³-hybridized carbons (Fsp3) is 0.900. The average Bonchev–Trinajstić information content (AvgIpc) is 2.57. The Morgan fingerprint density at radius 1 is 1.31 bits per heavy atom. The molecule has 2 heterocycles. The van der Waals surface area contributed by atoms with Gasteiger partial charge in [-0.2, -0.15) is 0 Å². The van der Waals surface area contributed by atoms with Crippen molar-refractivity contribution in [2.45, 2.75) is 44.1 Å². The molecule has 2 fully saturated rings. The Morgan fingerprint density at radius 2 is 1.92 bits per heavy atom. The van der Waals surface area contributed by atoms with Gasteiger partial charge in [0, 0.05) is 12.0 Å². The van der Waals surface area contributed by atoms with Gasteiger partial charge in [0.05, 0.1) is 0 Å². The number of carboxylic acids is 1. The molecule has 74 valence electrons. The zero-order valence-corrected chi connectivity index (χ0v) is 7.96. The fourth-order valence-electron chi connectivity index (χ4n) is 2.97. The first-order valence-electron chi connectivity index (χ1n) is 5.20. The molecule has 0 aliphatic carbocycles. The van der Waals surface area contributed by atoms with Crippen LogP contribution in [0.4, 0.5) is 0 Å². The summed E-state index contributed by atoms with van der Waals surface area (Å²) in [5.41, 5.74) is 0.290. The van der Waals surface area contributed by atoms with Crippen molar-refractivity contribution in [2.24, 2.45) is 0 Å². The summed E-state index contributed by atoms with van der Waals surface area (Å²) in [6.07, 6.45) is 6.18. The highest BCUT2D eigenvalue weighted by Crippen LogP contribution is 2.41. The van der Waals surface area contributed by atoms with E-state index in [0.29, 0.717) is 12.0 Å². The minimum atomic E-state index is -0.645. The summed E-state index contributed by atoms with van der Waals surface area (Å²) in [6, 6.07) is 0. The Morgan fingerprint density at radius 3 is 2.46 bits per heavy atom. The Labute approximate surface area is 78.7 Å². The van der Waals surface area contributed by atoms with Crippen LogP contribution < -0.4 is 0 Å². The van der Waals surface area contributed by atoms with Crippen LogP contribution in [0.15, 0.2) is 0 Å². The number of nitrogens with zero attached hydrogens (tertiary/aromatic N) is 1. The molecule has 3 nitrogen and oxygen atoms in total. The largest absolute Gasteiger partial charge is 0.481 e. The molecule has 13 heavy (non-hydrogen) atoms. The molecule has 0 aromatic carbocycles. The zero-order chi connectivity index (χ0) is 9.31. The van der Waals surface area contributed by atoms with E-state index >= 15 is 0 Å². The van der Waals surface area contributed by atoms with E-state index in [1.165, 1.54) is 38.8 Å². The third-order valence-electron chi connectivity index (χ3n) is 3.62. The topological polar surface area (TPSA) is 40.5 Å². The number of carbonyl (C=O) groups is 1. The summed E-state index contributed by atoms with van der Waals surface area (Å²) in [4.78, 5) is 13.0. The van der Waals surface area contributed by atoms with E-state index in [9.17, 15) is 4.79 Å². The van der Waals surface area contributed by atoms with Gasteiger partial charge in [-0.1, -0.05) is 0 Å². The maximum atomic E-state index is 10.5. The van der Waals surface area contributed by atoms with Crippen molar-refractivity contribution in [3.63, 3.8) is 0 Å². The summed E-state index contributed by atoms with van der Waals surface area (Å²) >= 11 is 0. The second kappa shape index (κ2) is 3.29. The van der Waals surface area contributed by atoms with E-state index in [1.807, 2.05) is 0 Å². The van der Waals surface area contributed by atoms with Crippen molar-refractivity contribution in [1.82, 2.24) is 4.90 Å². The molecule has 2 aliphatic heterocycles. The maximum Gasteiger partial charge on any atom is 0.303 e. The molecule has 0 amide bonds. The van der Waals surface area contributed by atoms with E-state index < -0.39 is 5.97 Å². The third-order valence-corrected chi connectivity index (χ3v) is 3.62. The highest BCUT2D eigenvalue weighted by Gasteiger charge is 2.43. The van der Waals surface area contributed by atoms with Crippen LogP contribution in [0.5, 0.6) is 0 Å². The first kappa shape index (κ1) is 9.00. The van der Waals surface area contributed by atoms with Crippen LogP contribution >= 0.6 is 0 Å². The Bertz CT molecular complexity index is 205. The lowest BCUT2D eigenvalue weighted by molar-refractivity contribution is -0.137. The molecule has 2 aliphatic rings. The van der Waals surface area contributed by atoms with E-state index in [0.717, 1.165) is 6.42 Å². The van der Waals surface area contributed by atoms with Crippen LogP contribution in [0.3, 0.4) is 0 Å². The van der Waals surface area contributed by atoms with Crippen molar-refractivity contribution < 1.29 is 9.90 Å². The number of carboxylic acid groups (broad SMARTS) is 1. The molecule has 2 rings (SSSR count). The molecular weight excluding hydrogens is 166 g/mol. The maximum absolute atomic E-state index is 10.5. The number of rotatable bonds is 3. The van der Waals surface area contributed by atoms with Gasteiger partial charge >= 0.3 is 5.97 Å². The van der Waals surface area contributed by atoms with E-state index in [1.54, 1.807) is 0 Å². The Balaban J connectivity index is 1.97. The van der Waals surface area contributed by atoms with Crippen LogP contribution in [-0.4, -0.2) is 34.6 Å². The van der Waals surface area contributed by atoms with Gasteiger partial charge < -0.3 is 5.11 Å². The molecule has 0 saturated carbocycles. The Hall–Kier alpha value is -0.570. The molecule has 0 spiro atoms. The molecule has 0 bridgehead atoms.